The van der Waals surface area contributed by atoms with Gasteiger partial charge in [0.05, 0.1) is 5.69 Å². The molecule has 1 saturated heterocycles. The highest BCUT2D eigenvalue weighted by Crippen LogP contribution is 2.20. The largest absolute Gasteiger partial charge is 0.369 e. The minimum Gasteiger partial charge on any atom is -0.369 e. The summed E-state index contributed by atoms with van der Waals surface area (Å²) in [4.78, 5) is 18.5. The van der Waals surface area contributed by atoms with Crippen LogP contribution in [0.2, 0.25) is 0 Å². The molecule has 0 saturated carbocycles. The molecule has 0 aromatic heterocycles. The number of nitrogens with zero attached hydrogens (tertiary/aromatic N) is 3. The Morgan fingerprint density at radius 1 is 1.18 bits per heavy atom. The summed E-state index contributed by atoms with van der Waals surface area (Å²) in [7, 11) is 0. The van der Waals surface area contributed by atoms with Gasteiger partial charge in [0, 0.05) is 31.9 Å². The molecule has 1 aliphatic rings. The van der Waals surface area contributed by atoms with Crippen LogP contribution in [0.15, 0.2) is 29.3 Å². The molecule has 0 N–H and O–H groups in total. The molecule has 0 aliphatic carbocycles. The second kappa shape index (κ2) is 5.62. The van der Waals surface area contributed by atoms with E-state index in [0.717, 1.165) is 32.7 Å². The number of aliphatic imine (C=N–C) groups is 1. The SMILES string of the molecule is CCN1CCN(c2ccc(N=C=O)cc2)CC1. The van der Waals surface area contributed by atoms with E-state index in [1.165, 1.54) is 5.69 Å². The van der Waals surface area contributed by atoms with E-state index in [1.807, 2.05) is 24.3 Å². The van der Waals surface area contributed by atoms with E-state index in [2.05, 4.69) is 21.7 Å². The molecule has 1 aromatic rings. The molecule has 17 heavy (non-hydrogen) atoms. The highest BCUT2D eigenvalue weighted by Gasteiger charge is 2.15. The first-order chi connectivity index (χ1) is 8.33. The summed E-state index contributed by atoms with van der Waals surface area (Å²) in [5.41, 5.74) is 1.86. The molecule has 0 radical (unpaired) electrons. The zero-order valence-electron chi connectivity index (χ0n) is 10.1. The smallest absolute Gasteiger partial charge is 0.240 e. The van der Waals surface area contributed by atoms with E-state index in [0.29, 0.717) is 5.69 Å². The topological polar surface area (TPSA) is 35.9 Å². The van der Waals surface area contributed by atoms with Crippen LogP contribution in [0.1, 0.15) is 6.92 Å². The number of benzene rings is 1. The predicted molar refractivity (Wildman–Crippen MR) is 68.6 cm³/mol. The van der Waals surface area contributed by atoms with Crippen LogP contribution < -0.4 is 4.90 Å². The number of isocyanates is 1. The lowest BCUT2D eigenvalue weighted by Gasteiger charge is -2.35. The van der Waals surface area contributed by atoms with Gasteiger partial charge >= 0.3 is 0 Å². The lowest BCUT2D eigenvalue weighted by atomic mass is 10.2. The van der Waals surface area contributed by atoms with Gasteiger partial charge in [-0.3, -0.25) is 0 Å². The molecule has 2 rings (SSSR count). The Hall–Kier alpha value is -1.64. The zero-order valence-corrected chi connectivity index (χ0v) is 10.1. The Morgan fingerprint density at radius 2 is 1.82 bits per heavy atom. The molecule has 4 nitrogen and oxygen atoms in total. The van der Waals surface area contributed by atoms with Gasteiger partial charge in [-0.1, -0.05) is 6.92 Å². The molecule has 1 heterocycles. The quantitative estimate of drug-likeness (QED) is 0.588. The van der Waals surface area contributed by atoms with Crippen LogP contribution in [0, 0.1) is 0 Å². The maximum Gasteiger partial charge on any atom is 0.240 e. The van der Waals surface area contributed by atoms with Crippen LogP contribution in [0.4, 0.5) is 11.4 Å². The van der Waals surface area contributed by atoms with Gasteiger partial charge in [0.2, 0.25) is 6.08 Å². The fraction of sp³-hybridized carbons (Fsp3) is 0.462. The molecule has 0 amide bonds. The Morgan fingerprint density at radius 3 is 2.35 bits per heavy atom. The number of rotatable bonds is 3. The van der Waals surface area contributed by atoms with Gasteiger partial charge in [-0.15, -0.1) is 0 Å². The fourth-order valence-corrected chi connectivity index (χ4v) is 2.11. The van der Waals surface area contributed by atoms with Gasteiger partial charge in [-0.2, -0.15) is 4.99 Å². The van der Waals surface area contributed by atoms with Gasteiger partial charge in [0.15, 0.2) is 0 Å². The molecule has 0 unspecified atom stereocenters. The first kappa shape index (κ1) is 11.8. The van der Waals surface area contributed by atoms with Crippen LogP contribution in [0.5, 0.6) is 0 Å². The van der Waals surface area contributed by atoms with Crippen molar-refractivity contribution in [2.45, 2.75) is 6.92 Å². The molecule has 4 heteroatoms. The first-order valence-electron chi connectivity index (χ1n) is 5.98. The number of hydrogen-bond acceptors (Lipinski definition) is 4. The first-order valence-corrected chi connectivity index (χ1v) is 5.98. The van der Waals surface area contributed by atoms with Crippen LogP contribution in [0.3, 0.4) is 0 Å². The Balaban J connectivity index is 2.01. The highest BCUT2D eigenvalue weighted by molar-refractivity contribution is 5.56. The summed E-state index contributed by atoms with van der Waals surface area (Å²) in [5.74, 6) is 0. The molecule has 1 aliphatic heterocycles. The number of anilines is 1. The molecule has 90 valence electrons. The number of likely N-dealkylation sites (N-methyl/N-ethyl adjacent to an activating group) is 1. The van der Waals surface area contributed by atoms with Gasteiger partial charge in [-0.05, 0) is 30.8 Å². The summed E-state index contributed by atoms with van der Waals surface area (Å²) < 4.78 is 0. The average molecular weight is 231 g/mol. The number of carbonyl (C=O) groups excluding carboxylic acids is 1. The molecule has 0 spiro atoms. The van der Waals surface area contributed by atoms with E-state index < -0.39 is 0 Å². The van der Waals surface area contributed by atoms with Gasteiger partial charge < -0.3 is 9.80 Å². The van der Waals surface area contributed by atoms with Crippen molar-refractivity contribution in [2.75, 3.05) is 37.6 Å². The minimum atomic E-state index is 0.663. The van der Waals surface area contributed by atoms with Gasteiger partial charge in [-0.25, -0.2) is 4.79 Å². The lowest BCUT2D eigenvalue weighted by molar-refractivity contribution is 0.271. The third-order valence-corrected chi connectivity index (χ3v) is 3.21. The van der Waals surface area contributed by atoms with Crippen molar-refractivity contribution in [2.24, 2.45) is 4.99 Å². The predicted octanol–water partition coefficient (Wildman–Crippen LogP) is 1.80. The maximum absolute atomic E-state index is 10.1. The molecule has 0 bridgehead atoms. The van der Waals surface area contributed by atoms with Crippen molar-refractivity contribution in [1.29, 1.82) is 0 Å². The van der Waals surface area contributed by atoms with Crippen LogP contribution in [-0.2, 0) is 4.79 Å². The van der Waals surface area contributed by atoms with Crippen LogP contribution in [-0.4, -0.2) is 43.7 Å². The molecular weight excluding hydrogens is 214 g/mol. The lowest BCUT2D eigenvalue weighted by Crippen LogP contribution is -2.46. The van der Waals surface area contributed by atoms with E-state index in [4.69, 9.17) is 0 Å². The molecule has 1 aromatic carbocycles. The third kappa shape index (κ3) is 2.93. The van der Waals surface area contributed by atoms with Crippen molar-refractivity contribution >= 4 is 17.5 Å². The van der Waals surface area contributed by atoms with E-state index in [-0.39, 0.29) is 0 Å². The Bertz CT molecular complexity index is 401. The van der Waals surface area contributed by atoms with Crippen molar-refractivity contribution in [3.8, 4) is 0 Å². The van der Waals surface area contributed by atoms with Crippen LogP contribution in [0.25, 0.3) is 0 Å². The second-order valence-corrected chi connectivity index (χ2v) is 4.14. The van der Waals surface area contributed by atoms with E-state index >= 15 is 0 Å². The number of hydrogen-bond donors (Lipinski definition) is 0. The summed E-state index contributed by atoms with van der Waals surface area (Å²) in [6.07, 6.45) is 1.55. The van der Waals surface area contributed by atoms with E-state index in [1.54, 1.807) is 6.08 Å². The monoisotopic (exact) mass is 231 g/mol. The van der Waals surface area contributed by atoms with E-state index in [9.17, 15) is 4.79 Å². The van der Waals surface area contributed by atoms with Crippen molar-refractivity contribution < 1.29 is 4.79 Å². The standard InChI is InChI=1S/C13H17N3O/c1-2-15-7-9-16(10-8-15)13-5-3-12(4-6-13)14-11-17/h3-6H,2,7-10H2,1H3. The molecule has 0 atom stereocenters. The maximum atomic E-state index is 10.1. The fourth-order valence-electron chi connectivity index (χ4n) is 2.11. The average Bonchev–Trinajstić information content (AvgIpc) is 2.40. The molecular formula is C13H17N3O. The summed E-state index contributed by atoms with van der Waals surface area (Å²) >= 11 is 0. The highest BCUT2D eigenvalue weighted by atomic mass is 16.1. The summed E-state index contributed by atoms with van der Waals surface area (Å²) in [6, 6.07) is 7.73. The summed E-state index contributed by atoms with van der Waals surface area (Å²) in [6.45, 7) is 7.67. The van der Waals surface area contributed by atoms with Crippen molar-refractivity contribution in [3.63, 3.8) is 0 Å². The third-order valence-electron chi connectivity index (χ3n) is 3.21. The van der Waals surface area contributed by atoms with Crippen LogP contribution >= 0.6 is 0 Å². The van der Waals surface area contributed by atoms with Gasteiger partial charge in [0.25, 0.3) is 0 Å². The minimum absolute atomic E-state index is 0.663. The number of piperazine rings is 1. The Kier molecular flexibility index (Phi) is 3.91. The van der Waals surface area contributed by atoms with Crippen molar-refractivity contribution in [3.05, 3.63) is 24.3 Å². The zero-order chi connectivity index (χ0) is 12.1. The summed E-state index contributed by atoms with van der Waals surface area (Å²) in [5, 5.41) is 0. The van der Waals surface area contributed by atoms with Crippen molar-refractivity contribution in [1.82, 2.24) is 4.90 Å². The normalized spacial score (nSPS) is 16.6. The van der Waals surface area contributed by atoms with Gasteiger partial charge in [0.1, 0.15) is 0 Å². The molecule has 1 fully saturated rings. The second-order valence-electron chi connectivity index (χ2n) is 4.14. The Labute approximate surface area is 102 Å².